The molecular formula is C20H22N2O2S. The van der Waals surface area contributed by atoms with Crippen LogP contribution < -0.4 is 4.83 Å². The summed E-state index contributed by atoms with van der Waals surface area (Å²) >= 11 is 0. The molecule has 1 atom stereocenters. The van der Waals surface area contributed by atoms with Gasteiger partial charge in [-0.3, -0.25) is 0 Å². The lowest BCUT2D eigenvalue weighted by atomic mass is 9.75. The lowest BCUT2D eigenvalue weighted by molar-refractivity contribution is 0.544. The number of hydrazone groups is 1. The summed E-state index contributed by atoms with van der Waals surface area (Å²) in [6.07, 6.45) is 5.62. The summed E-state index contributed by atoms with van der Waals surface area (Å²) in [6.45, 7) is 4.10. The number of aryl methyl sites for hydroxylation is 1. The minimum atomic E-state index is -3.63. The monoisotopic (exact) mass is 354 g/mol. The van der Waals surface area contributed by atoms with E-state index in [0.29, 0.717) is 0 Å². The second-order valence-electron chi connectivity index (χ2n) is 6.63. The van der Waals surface area contributed by atoms with E-state index < -0.39 is 10.0 Å². The molecule has 0 aromatic heterocycles. The van der Waals surface area contributed by atoms with E-state index in [4.69, 9.17) is 0 Å². The van der Waals surface area contributed by atoms with Crippen LogP contribution in [0.1, 0.15) is 30.9 Å². The summed E-state index contributed by atoms with van der Waals surface area (Å²) in [5.41, 5.74) is 2.96. The topological polar surface area (TPSA) is 58.5 Å². The van der Waals surface area contributed by atoms with Crippen molar-refractivity contribution in [3.8, 4) is 0 Å². The van der Waals surface area contributed by atoms with Crippen LogP contribution in [-0.4, -0.2) is 14.1 Å². The lowest BCUT2D eigenvalue weighted by Crippen LogP contribution is -2.26. The average Bonchev–Trinajstić information content (AvgIpc) is 2.62. The minimum Gasteiger partial charge on any atom is -0.200 e. The van der Waals surface area contributed by atoms with Crippen LogP contribution in [0, 0.1) is 6.92 Å². The van der Waals surface area contributed by atoms with Crippen LogP contribution in [0.25, 0.3) is 0 Å². The molecule has 1 N–H and O–H groups in total. The Kier molecular flexibility index (Phi) is 4.77. The van der Waals surface area contributed by atoms with Crippen LogP contribution in [-0.2, 0) is 15.4 Å². The molecule has 130 valence electrons. The Labute approximate surface area is 149 Å². The molecule has 0 saturated carbocycles. The first-order chi connectivity index (χ1) is 11.9. The largest absolute Gasteiger partial charge is 0.276 e. The van der Waals surface area contributed by atoms with Crippen molar-refractivity contribution < 1.29 is 8.42 Å². The Morgan fingerprint density at radius 1 is 1.04 bits per heavy atom. The van der Waals surface area contributed by atoms with Gasteiger partial charge < -0.3 is 0 Å². The molecule has 1 aliphatic rings. The molecule has 0 heterocycles. The summed E-state index contributed by atoms with van der Waals surface area (Å²) < 4.78 is 24.6. The predicted octanol–water partition coefficient (Wildman–Crippen LogP) is 3.94. The van der Waals surface area contributed by atoms with Gasteiger partial charge in [0.05, 0.1) is 10.6 Å². The Bertz CT molecular complexity index is 900. The quantitative estimate of drug-likeness (QED) is 0.846. The number of allylic oxidation sites excluding steroid dienone is 2. The van der Waals surface area contributed by atoms with E-state index in [1.807, 2.05) is 31.2 Å². The number of hydrogen-bond acceptors (Lipinski definition) is 3. The van der Waals surface area contributed by atoms with Crippen LogP contribution in [0.2, 0.25) is 0 Å². The molecule has 0 spiro atoms. The van der Waals surface area contributed by atoms with E-state index in [2.05, 4.69) is 35.1 Å². The first-order valence-corrected chi connectivity index (χ1v) is 9.77. The Morgan fingerprint density at radius 2 is 1.72 bits per heavy atom. The second kappa shape index (κ2) is 6.84. The number of nitrogens with one attached hydrogen (secondary N) is 1. The zero-order chi connectivity index (χ0) is 17.9. The molecule has 0 radical (unpaired) electrons. The van der Waals surface area contributed by atoms with Crippen molar-refractivity contribution >= 4 is 15.7 Å². The van der Waals surface area contributed by atoms with Crippen molar-refractivity contribution in [2.45, 2.75) is 37.0 Å². The van der Waals surface area contributed by atoms with Crippen molar-refractivity contribution in [2.24, 2.45) is 5.10 Å². The summed E-state index contributed by atoms with van der Waals surface area (Å²) in [5, 5.41) is 4.10. The maximum Gasteiger partial charge on any atom is 0.276 e. The molecule has 0 aliphatic heterocycles. The van der Waals surface area contributed by atoms with Crippen LogP contribution >= 0.6 is 0 Å². The molecule has 25 heavy (non-hydrogen) atoms. The first-order valence-electron chi connectivity index (χ1n) is 8.29. The van der Waals surface area contributed by atoms with E-state index in [9.17, 15) is 8.42 Å². The van der Waals surface area contributed by atoms with Gasteiger partial charge in [0, 0.05) is 5.41 Å². The average molecular weight is 354 g/mol. The standard InChI is InChI=1S/C20H22N2O2S/c1-16-8-10-19(11-9-16)25(23,24)22-21-18-12-14-20(2,15-13-18)17-6-4-3-5-7-17/h3-12,14,22H,13,15H2,1-2H3/b21-18-/t20-/m1/s1. The molecule has 0 saturated heterocycles. The highest BCUT2D eigenvalue weighted by Gasteiger charge is 2.26. The van der Waals surface area contributed by atoms with E-state index in [1.54, 1.807) is 24.3 Å². The molecular weight excluding hydrogens is 332 g/mol. The smallest absolute Gasteiger partial charge is 0.200 e. The van der Waals surface area contributed by atoms with E-state index in [-0.39, 0.29) is 10.3 Å². The number of benzene rings is 2. The highest BCUT2D eigenvalue weighted by Crippen LogP contribution is 2.33. The Balaban J connectivity index is 1.74. The van der Waals surface area contributed by atoms with E-state index in [1.165, 1.54) is 5.56 Å². The Hall–Kier alpha value is -2.40. The zero-order valence-corrected chi connectivity index (χ0v) is 15.3. The highest BCUT2D eigenvalue weighted by molar-refractivity contribution is 7.89. The van der Waals surface area contributed by atoms with Gasteiger partial charge in [0.15, 0.2) is 0 Å². The molecule has 0 amide bonds. The zero-order valence-electron chi connectivity index (χ0n) is 14.4. The third-order valence-electron chi connectivity index (χ3n) is 4.62. The maximum atomic E-state index is 12.3. The fourth-order valence-corrected chi connectivity index (χ4v) is 3.71. The van der Waals surface area contributed by atoms with Crippen molar-refractivity contribution in [2.75, 3.05) is 0 Å². The van der Waals surface area contributed by atoms with Gasteiger partial charge in [0.1, 0.15) is 0 Å². The molecule has 1 aliphatic carbocycles. The van der Waals surface area contributed by atoms with E-state index in [0.717, 1.165) is 24.1 Å². The summed E-state index contributed by atoms with van der Waals surface area (Å²) in [7, 11) is -3.63. The van der Waals surface area contributed by atoms with Gasteiger partial charge in [-0.25, -0.2) is 0 Å². The third-order valence-corrected chi connectivity index (χ3v) is 5.84. The fourth-order valence-electron chi connectivity index (χ4n) is 2.88. The van der Waals surface area contributed by atoms with Gasteiger partial charge in [0.25, 0.3) is 10.0 Å². The van der Waals surface area contributed by atoms with Crippen molar-refractivity contribution in [3.63, 3.8) is 0 Å². The Morgan fingerprint density at radius 3 is 2.32 bits per heavy atom. The summed E-state index contributed by atoms with van der Waals surface area (Å²) in [4.78, 5) is 2.56. The molecule has 0 unspecified atom stereocenters. The van der Waals surface area contributed by atoms with Gasteiger partial charge in [-0.2, -0.15) is 18.4 Å². The SMILES string of the molecule is Cc1ccc(S(=O)(=O)N/N=C2/C=C[C@@](C)(c3ccccc3)CC2)cc1. The molecule has 0 bridgehead atoms. The van der Waals surface area contributed by atoms with Crippen molar-refractivity contribution in [3.05, 3.63) is 77.9 Å². The molecule has 2 aromatic carbocycles. The molecule has 5 heteroatoms. The minimum absolute atomic E-state index is 0.0455. The lowest BCUT2D eigenvalue weighted by Gasteiger charge is -2.30. The molecule has 4 nitrogen and oxygen atoms in total. The van der Waals surface area contributed by atoms with Gasteiger partial charge in [0.2, 0.25) is 0 Å². The maximum absolute atomic E-state index is 12.3. The van der Waals surface area contributed by atoms with Gasteiger partial charge in [-0.15, -0.1) is 0 Å². The number of rotatable bonds is 4. The summed E-state index contributed by atoms with van der Waals surface area (Å²) in [5.74, 6) is 0. The number of sulfonamides is 1. The highest BCUT2D eigenvalue weighted by atomic mass is 32.2. The number of nitrogens with zero attached hydrogens (tertiary/aromatic N) is 1. The second-order valence-corrected chi connectivity index (χ2v) is 8.29. The van der Waals surface area contributed by atoms with Crippen LogP contribution in [0.4, 0.5) is 0 Å². The van der Waals surface area contributed by atoms with Crippen molar-refractivity contribution in [1.29, 1.82) is 0 Å². The fraction of sp³-hybridized carbons (Fsp3) is 0.250. The van der Waals surface area contributed by atoms with Crippen LogP contribution in [0.15, 0.2) is 76.7 Å². The predicted molar refractivity (Wildman–Crippen MR) is 101 cm³/mol. The van der Waals surface area contributed by atoms with Gasteiger partial charge >= 0.3 is 0 Å². The van der Waals surface area contributed by atoms with E-state index >= 15 is 0 Å². The molecule has 3 rings (SSSR count). The first kappa shape index (κ1) is 17.4. The van der Waals surface area contributed by atoms with Crippen LogP contribution in [0.3, 0.4) is 0 Å². The summed E-state index contributed by atoms with van der Waals surface area (Å²) in [6, 6.07) is 17.0. The van der Waals surface area contributed by atoms with Crippen LogP contribution in [0.5, 0.6) is 0 Å². The van der Waals surface area contributed by atoms with Crippen molar-refractivity contribution in [1.82, 2.24) is 4.83 Å². The normalized spacial score (nSPS) is 22.1. The number of hydrogen-bond donors (Lipinski definition) is 1. The molecule has 2 aromatic rings. The third kappa shape index (κ3) is 3.99. The van der Waals surface area contributed by atoms with Gasteiger partial charge in [-0.1, -0.05) is 61.0 Å². The molecule has 0 fully saturated rings. The van der Waals surface area contributed by atoms with Gasteiger partial charge in [-0.05, 0) is 43.5 Å².